The highest BCUT2D eigenvalue weighted by Crippen LogP contribution is 2.30. The van der Waals surface area contributed by atoms with E-state index in [2.05, 4.69) is 5.32 Å². The van der Waals surface area contributed by atoms with Gasteiger partial charge in [-0.1, -0.05) is 0 Å². The predicted octanol–water partition coefficient (Wildman–Crippen LogP) is 3.37. The van der Waals surface area contributed by atoms with Gasteiger partial charge in [0.25, 0.3) is 5.69 Å². The molecule has 1 aromatic rings. The first-order chi connectivity index (χ1) is 11.6. The number of rotatable bonds is 3. The Morgan fingerprint density at radius 1 is 1.28 bits per heavy atom. The summed E-state index contributed by atoms with van der Waals surface area (Å²) in [6.07, 6.45) is 0.433. The summed E-state index contributed by atoms with van der Waals surface area (Å²) in [7, 11) is 0. The Bertz CT molecular complexity index is 645. The standard InChI is InChI=1S/C16H21F2N3O4/c1-16(2,3)25-15(22)19-10-4-6-20(7-5-10)14-12(17)8-11(21(23)24)9-13(14)18/h8-10H,4-7H2,1-3H3,(H,19,22). The molecule has 0 spiro atoms. The molecule has 1 amide bonds. The summed E-state index contributed by atoms with van der Waals surface area (Å²) in [6, 6.07) is 1.27. The third kappa shape index (κ3) is 5.01. The maximum atomic E-state index is 14.1. The minimum atomic E-state index is -0.967. The van der Waals surface area contributed by atoms with Crippen LogP contribution in [0.2, 0.25) is 0 Å². The molecule has 0 saturated carbocycles. The molecule has 2 rings (SSSR count). The van der Waals surface area contributed by atoms with Gasteiger partial charge in [0.2, 0.25) is 0 Å². The fourth-order valence-electron chi connectivity index (χ4n) is 2.68. The van der Waals surface area contributed by atoms with Crippen LogP contribution in [-0.2, 0) is 4.74 Å². The molecule has 1 aliphatic heterocycles. The number of hydrogen-bond donors (Lipinski definition) is 1. The van der Waals surface area contributed by atoms with Gasteiger partial charge < -0.3 is 15.0 Å². The van der Waals surface area contributed by atoms with Crippen LogP contribution in [-0.4, -0.2) is 35.7 Å². The Kier molecular flexibility index (Phi) is 5.44. The molecule has 0 atom stereocenters. The van der Waals surface area contributed by atoms with Crippen LogP contribution in [0.5, 0.6) is 0 Å². The summed E-state index contributed by atoms with van der Waals surface area (Å²) < 4.78 is 33.3. The highest BCUT2D eigenvalue weighted by molar-refractivity contribution is 5.68. The van der Waals surface area contributed by atoms with Crippen molar-refractivity contribution in [3.05, 3.63) is 33.9 Å². The van der Waals surface area contributed by atoms with E-state index in [1.54, 1.807) is 20.8 Å². The SMILES string of the molecule is CC(C)(C)OC(=O)NC1CCN(c2c(F)cc([N+](=O)[O-])cc2F)CC1. The summed E-state index contributed by atoms with van der Waals surface area (Å²) >= 11 is 0. The Morgan fingerprint density at radius 3 is 2.24 bits per heavy atom. The quantitative estimate of drug-likeness (QED) is 0.662. The largest absolute Gasteiger partial charge is 0.444 e. The second kappa shape index (κ2) is 7.20. The first-order valence-electron chi connectivity index (χ1n) is 7.95. The molecule has 9 heteroatoms. The van der Waals surface area contributed by atoms with Crippen LogP contribution in [0, 0.1) is 21.7 Å². The molecule has 25 heavy (non-hydrogen) atoms. The predicted molar refractivity (Wildman–Crippen MR) is 87.6 cm³/mol. The minimum absolute atomic E-state index is 0.157. The van der Waals surface area contributed by atoms with E-state index in [1.165, 1.54) is 4.90 Å². The molecule has 1 heterocycles. The third-order valence-corrected chi connectivity index (χ3v) is 3.74. The lowest BCUT2D eigenvalue weighted by Gasteiger charge is -2.34. The van der Waals surface area contributed by atoms with E-state index in [9.17, 15) is 23.7 Å². The normalized spacial score (nSPS) is 15.8. The summed E-state index contributed by atoms with van der Waals surface area (Å²) in [4.78, 5) is 23.0. The van der Waals surface area contributed by atoms with Crippen LogP contribution in [0.3, 0.4) is 0 Å². The molecular formula is C16H21F2N3O4. The van der Waals surface area contributed by atoms with Crippen molar-refractivity contribution in [1.29, 1.82) is 0 Å². The lowest BCUT2D eigenvalue weighted by molar-refractivity contribution is -0.385. The number of benzene rings is 1. The van der Waals surface area contributed by atoms with Crippen molar-refractivity contribution >= 4 is 17.5 Å². The summed E-state index contributed by atoms with van der Waals surface area (Å²) in [5, 5.41) is 13.4. The summed E-state index contributed by atoms with van der Waals surface area (Å²) in [6.45, 7) is 5.90. The molecule has 1 N–H and O–H groups in total. The molecule has 0 bridgehead atoms. The number of ether oxygens (including phenoxy) is 1. The molecule has 7 nitrogen and oxygen atoms in total. The van der Waals surface area contributed by atoms with Crippen LogP contribution in [0.1, 0.15) is 33.6 Å². The van der Waals surface area contributed by atoms with Crippen LogP contribution in [0.25, 0.3) is 0 Å². The van der Waals surface area contributed by atoms with E-state index in [-0.39, 0.29) is 11.7 Å². The average molecular weight is 357 g/mol. The maximum absolute atomic E-state index is 14.1. The number of halogens is 2. The smallest absolute Gasteiger partial charge is 0.407 e. The first kappa shape index (κ1) is 18.9. The van der Waals surface area contributed by atoms with Gasteiger partial charge in [0, 0.05) is 19.1 Å². The van der Waals surface area contributed by atoms with Gasteiger partial charge in [-0.15, -0.1) is 0 Å². The fourth-order valence-corrected chi connectivity index (χ4v) is 2.68. The number of anilines is 1. The van der Waals surface area contributed by atoms with Gasteiger partial charge in [0.1, 0.15) is 11.3 Å². The van der Waals surface area contributed by atoms with Crippen LogP contribution >= 0.6 is 0 Å². The zero-order valence-corrected chi connectivity index (χ0v) is 14.3. The topological polar surface area (TPSA) is 84.7 Å². The van der Waals surface area contributed by atoms with Gasteiger partial charge in [-0.05, 0) is 33.6 Å². The second-order valence-electron chi connectivity index (χ2n) is 6.92. The average Bonchev–Trinajstić information content (AvgIpc) is 2.46. The van der Waals surface area contributed by atoms with Crippen molar-refractivity contribution in [2.24, 2.45) is 0 Å². The number of amides is 1. The second-order valence-corrected chi connectivity index (χ2v) is 6.92. The Labute approximate surface area is 144 Å². The number of nitro groups is 1. The highest BCUT2D eigenvalue weighted by Gasteiger charge is 2.27. The van der Waals surface area contributed by atoms with E-state index in [0.717, 1.165) is 0 Å². The number of nitrogens with zero attached hydrogens (tertiary/aromatic N) is 2. The monoisotopic (exact) mass is 357 g/mol. The molecule has 0 unspecified atom stereocenters. The molecule has 1 fully saturated rings. The lowest BCUT2D eigenvalue weighted by atomic mass is 10.0. The Hall–Kier alpha value is -2.45. The van der Waals surface area contributed by atoms with Crippen molar-refractivity contribution in [3.8, 4) is 0 Å². The maximum Gasteiger partial charge on any atom is 0.407 e. The van der Waals surface area contributed by atoms with E-state index < -0.39 is 33.9 Å². The lowest BCUT2D eigenvalue weighted by Crippen LogP contribution is -2.46. The van der Waals surface area contributed by atoms with Crippen molar-refractivity contribution in [2.45, 2.75) is 45.3 Å². The zero-order chi connectivity index (χ0) is 18.8. The van der Waals surface area contributed by atoms with Crippen molar-refractivity contribution in [1.82, 2.24) is 5.32 Å². The molecule has 0 radical (unpaired) electrons. The van der Waals surface area contributed by atoms with Gasteiger partial charge in [-0.2, -0.15) is 0 Å². The molecule has 138 valence electrons. The first-order valence-corrected chi connectivity index (χ1v) is 7.95. The third-order valence-electron chi connectivity index (χ3n) is 3.74. The minimum Gasteiger partial charge on any atom is -0.444 e. The number of nitrogens with one attached hydrogen (secondary N) is 1. The molecule has 1 aliphatic rings. The molecule has 0 aromatic heterocycles. The van der Waals surface area contributed by atoms with E-state index >= 15 is 0 Å². The van der Waals surface area contributed by atoms with Gasteiger partial charge in [-0.3, -0.25) is 10.1 Å². The van der Waals surface area contributed by atoms with Gasteiger partial charge in [0.15, 0.2) is 11.6 Å². The van der Waals surface area contributed by atoms with Crippen LogP contribution in [0.15, 0.2) is 12.1 Å². The van der Waals surface area contributed by atoms with Gasteiger partial charge in [0.05, 0.1) is 17.1 Å². The zero-order valence-electron chi connectivity index (χ0n) is 14.3. The van der Waals surface area contributed by atoms with Gasteiger partial charge in [-0.25, -0.2) is 13.6 Å². The number of carbonyl (C=O) groups is 1. The van der Waals surface area contributed by atoms with Gasteiger partial charge >= 0.3 is 6.09 Å². The Morgan fingerprint density at radius 2 is 1.80 bits per heavy atom. The number of carbonyl (C=O) groups excluding carboxylic acids is 1. The van der Waals surface area contributed by atoms with Crippen molar-refractivity contribution in [2.75, 3.05) is 18.0 Å². The highest BCUT2D eigenvalue weighted by atomic mass is 19.1. The van der Waals surface area contributed by atoms with Crippen molar-refractivity contribution < 1.29 is 23.2 Å². The van der Waals surface area contributed by atoms with Crippen LogP contribution < -0.4 is 10.2 Å². The summed E-state index contributed by atoms with van der Waals surface area (Å²) in [5.74, 6) is -1.93. The fraction of sp³-hybridized carbons (Fsp3) is 0.562. The van der Waals surface area contributed by atoms with Crippen molar-refractivity contribution in [3.63, 3.8) is 0 Å². The molecular weight excluding hydrogens is 336 g/mol. The van der Waals surface area contributed by atoms with E-state index in [0.29, 0.717) is 38.1 Å². The van der Waals surface area contributed by atoms with E-state index in [1.807, 2.05) is 0 Å². The van der Waals surface area contributed by atoms with Crippen LogP contribution in [0.4, 0.5) is 25.0 Å². The molecule has 1 aromatic carbocycles. The summed E-state index contributed by atoms with van der Waals surface area (Å²) in [5.41, 5.74) is -1.50. The molecule has 1 saturated heterocycles. The number of non-ortho nitro benzene ring substituents is 1. The number of piperidine rings is 1. The molecule has 0 aliphatic carbocycles. The number of alkyl carbamates (subject to hydrolysis) is 1. The Balaban J connectivity index is 1.99. The van der Waals surface area contributed by atoms with E-state index in [4.69, 9.17) is 4.74 Å². The number of hydrogen-bond acceptors (Lipinski definition) is 5. The number of nitro benzene ring substituents is 1.